The molecule has 0 radical (unpaired) electrons. The summed E-state index contributed by atoms with van der Waals surface area (Å²) in [5.74, 6) is 0.254. The van der Waals surface area contributed by atoms with Crippen LogP contribution < -0.4 is 11.2 Å². The fraction of sp³-hybridized carbons (Fsp3) is 0. The van der Waals surface area contributed by atoms with E-state index >= 15 is 0 Å². The maximum Gasteiger partial charge on any atom is 0.219 e. The van der Waals surface area contributed by atoms with Crippen molar-refractivity contribution in [2.45, 2.75) is 0 Å². The Morgan fingerprint density at radius 3 is 2.55 bits per heavy atom. The third-order valence-corrected chi connectivity index (χ3v) is 2.85. The molecule has 5 heteroatoms. The average molecular weight is 263 g/mol. The highest BCUT2D eigenvalue weighted by atomic mass is 15.3. The third-order valence-electron chi connectivity index (χ3n) is 2.85. The SMILES string of the molecule is Nc1ncc(/C=N/Nc2ccc3ccccc3c2)cn1. The van der Waals surface area contributed by atoms with Crippen LogP contribution in [-0.2, 0) is 0 Å². The summed E-state index contributed by atoms with van der Waals surface area (Å²) in [6.07, 6.45) is 4.89. The highest BCUT2D eigenvalue weighted by molar-refractivity contribution is 5.86. The minimum Gasteiger partial charge on any atom is -0.368 e. The van der Waals surface area contributed by atoms with Crippen LogP contribution in [0, 0.1) is 0 Å². The summed E-state index contributed by atoms with van der Waals surface area (Å²) in [6.45, 7) is 0. The summed E-state index contributed by atoms with van der Waals surface area (Å²) in [4.78, 5) is 7.79. The van der Waals surface area contributed by atoms with Crippen LogP contribution >= 0.6 is 0 Å². The number of nitrogen functional groups attached to an aromatic ring is 1. The molecule has 3 aromatic rings. The molecule has 3 N–H and O–H groups in total. The summed E-state index contributed by atoms with van der Waals surface area (Å²) < 4.78 is 0. The van der Waals surface area contributed by atoms with E-state index in [2.05, 4.69) is 38.7 Å². The Morgan fingerprint density at radius 2 is 1.75 bits per heavy atom. The van der Waals surface area contributed by atoms with Gasteiger partial charge in [0.25, 0.3) is 0 Å². The van der Waals surface area contributed by atoms with Crippen molar-refractivity contribution in [3.63, 3.8) is 0 Å². The van der Waals surface area contributed by atoms with Crippen molar-refractivity contribution in [2.75, 3.05) is 11.2 Å². The number of nitrogens with two attached hydrogens (primary N) is 1. The molecule has 0 aliphatic heterocycles. The summed E-state index contributed by atoms with van der Waals surface area (Å²) in [7, 11) is 0. The second kappa shape index (κ2) is 5.36. The largest absolute Gasteiger partial charge is 0.368 e. The molecule has 0 saturated heterocycles. The zero-order valence-electron chi connectivity index (χ0n) is 10.7. The zero-order valence-corrected chi connectivity index (χ0v) is 10.7. The van der Waals surface area contributed by atoms with E-state index < -0.39 is 0 Å². The van der Waals surface area contributed by atoms with Gasteiger partial charge in [0.05, 0.1) is 11.9 Å². The molecule has 20 heavy (non-hydrogen) atoms. The van der Waals surface area contributed by atoms with E-state index in [0.29, 0.717) is 0 Å². The van der Waals surface area contributed by atoms with Crippen LogP contribution in [0.15, 0.2) is 60.0 Å². The number of aromatic nitrogens is 2. The first kappa shape index (κ1) is 12.1. The molecule has 1 heterocycles. The number of hydrazone groups is 1. The van der Waals surface area contributed by atoms with E-state index in [4.69, 9.17) is 5.73 Å². The van der Waals surface area contributed by atoms with Crippen LogP contribution in [0.1, 0.15) is 5.56 Å². The Labute approximate surface area is 116 Å². The summed E-state index contributed by atoms with van der Waals surface area (Å²) in [5.41, 5.74) is 10.1. The third kappa shape index (κ3) is 2.72. The fourth-order valence-electron chi connectivity index (χ4n) is 1.85. The van der Waals surface area contributed by atoms with Gasteiger partial charge in [-0.25, -0.2) is 9.97 Å². The molecule has 98 valence electrons. The number of nitrogens with zero attached hydrogens (tertiary/aromatic N) is 3. The lowest BCUT2D eigenvalue weighted by Gasteiger charge is -2.02. The van der Waals surface area contributed by atoms with Crippen molar-refractivity contribution in [2.24, 2.45) is 5.10 Å². The number of fused-ring (bicyclic) bond motifs is 1. The van der Waals surface area contributed by atoms with Gasteiger partial charge in [-0.2, -0.15) is 5.10 Å². The topological polar surface area (TPSA) is 76.2 Å². The monoisotopic (exact) mass is 263 g/mol. The standard InChI is InChI=1S/C15H13N5/c16-15-17-8-11(9-18-15)10-19-20-14-6-5-12-3-1-2-4-13(12)7-14/h1-10,20H,(H2,16,17,18)/b19-10+. The summed E-state index contributed by atoms with van der Waals surface area (Å²) in [6, 6.07) is 14.3. The lowest BCUT2D eigenvalue weighted by Crippen LogP contribution is -1.96. The highest BCUT2D eigenvalue weighted by Gasteiger charge is 1.94. The molecule has 0 spiro atoms. The molecule has 3 rings (SSSR count). The van der Waals surface area contributed by atoms with E-state index in [0.717, 1.165) is 11.3 Å². The quantitative estimate of drug-likeness (QED) is 0.562. The van der Waals surface area contributed by atoms with Gasteiger partial charge in [-0.15, -0.1) is 0 Å². The highest BCUT2D eigenvalue weighted by Crippen LogP contribution is 2.18. The number of rotatable bonds is 3. The maximum atomic E-state index is 5.42. The minimum absolute atomic E-state index is 0.254. The van der Waals surface area contributed by atoms with Gasteiger partial charge < -0.3 is 5.73 Å². The molecule has 0 unspecified atom stereocenters. The zero-order chi connectivity index (χ0) is 13.8. The van der Waals surface area contributed by atoms with E-state index in [9.17, 15) is 0 Å². The van der Waals surface area contributed by atoms with E-state index in [1.165, 1.54) is 10.8 Å². The maximum absolute atomic E-state index is 5.42. The first-order valence-corrected chi connectivity index (χ1v) is 6.17. The Hall–Kier alpha value is -2.95. The Kier molecular flexibility index (Phi) is 3.24. The van der Waals surface area contributed by atoms with Crippen molar-refractivity contribution in [3.05, 3.63) is 60.4 Å². The van der Waals surface area contributed by atoms with Crippen molar-refractivity contribution in [3.8, 4) is 0 Å². The van der Waals surface area contributed by atoms with Gasteiger partial charge in [0.15, 0.2) is 0 Å². The van der Waals surface area contributed by atoms with Crippen LogP contribution in [0.3, 0.4) is 0 Å². The summed E-state index contributed by atoms with van der Waals surface area (Å²) >= 11 is 0. The number of benzene rings is 2. The Balaban J connectivity index is 1.74. The van der Waals surface area contributed by atoms with Gasteiger partial charge in [0.2, 0.25) is 5.95 Å². The minimum atomic E-state index is 0.254. The number of nitrogens with one attached hydrogen (secondary N) is 1. The predicted octanol–water partition coefficient (Wildman–Crippen LogP) is 2.66. The normalized spacial score (nSPS) is 11.0. The Bertz CT molecular complexity index is 750. The van der Waals surface area contributed by atoms with Crippen LogP contribution in [-0.4, -0.2) is 16.2 Å². The Morgan fingerprint density at radius 1 is 1.00 bits per heavy atom. The van der Waals surface area contributed by atoms with Gasteiger partial charge in [0, 0.05) is 18.0 Å². The first-order valence-electron chi connectivity index (χ1n) is 6.17. The molecule has 0 atom stereocenters. The van der Waals surface area contributed by atoms with Crippen LogP contribution in [0.5, 0.6) is 0 Å². The predicted molar refractivity (Wildman–Crippen MR) is 81.6 cm³/mol. The van der Waals surface area contributed by atoms with Gasteiger partial charge in [-0.05, 0) is 22.9 Å². The molecule has 5 nitrogen and oxygen atoms in total. The smallest absolute Gasteiger partial charge is 0.219 e. The van der Waals surface area contributed by atoms with Crippen molar-refractivity contribution in [1.29, 1.82) is 0 Å². The average Bonchev–Trinajstić information content (AvgIpc) is 2.49. The molecule has 1 aromatic heterocycles. The molecule has 0 saturated carbocycles. The van der Waals surface area contributed by atoms with E-state index in [-0.39, 0.29) is 5.95 Å². The summed E-state index contributed by atoms with van der Waals surface area (Å²) in [5, 5.41) is 6.53. The second-order valence-electron chi connectivity index (χ2n) is 4.31. The van der Waals surface area contributed by atoms with Crippen molar-refractivity contribution >= 4 is 28.6 Å². The van der Waals surface area contributed by atoms with Gasteiger partial charge in [-0.1, -0.05) is 30.3 Å². The van der Waals surface area contributed by atoms with Gasteiger partial charge in [-0.3, -0.25) is 5.43 Å². The number of hydrogen-bond donors (Lipinski definition) is 2. The lowest BCUT2D eigenvalue weighted by atomic mass is 10.1. The molecule has 0 bridgehead atoms. The van der Waals surface area contributed by atoms with E-state index in [1.807, 2.05) is 24.3 Å². The number of anilines is 2. The lowest BCUT2D eigenvalue weighted by molar-refractivity contribution is 1.18. The van der Waals surface area contributed by atoms with Crippen molar-refractivity contribution < 1.29 is 0 Å². The van der Waals surface area contributed by atoms with Crippen LogP contribution in [0.4, 0.5) is 11.6 Å². The molecule has 0 aliphatic carbocycles. The molecule has 0 fully saturated rings. The number of hydrogen-bond acceptors (Lipinski definition) is 5. The van der Waals surface area contributed by atoms with Gasteiger partial charge in [0.1, 0.15) is 0 Å². The van der Waals surface area contributed by atoms with E-state index in [1.54, 1.807) is 18.6 Å². The van der Waals surface area contributed by atoms with Gasteiger partial charge >= 0.3 is 0 Å². The first-order chi connectivity index (χ1) is 9.81. The molecule has 2 aromatic carbocycles. The molecular weight excluding hydrogens is 250 g/mol. The second-order valence-corrected chi connectivity index (χ2v) is 4.31. The molecular formula is C15H13N5. The van der Waals surface area contributed by atoms with Crippen molar-refractivity contribution in [1.82, 2.24) is 9.97 Å². The fourth-order valence-corrected chi connectivity index (χ4v) is 1.85. The molecule has 0 amide bonds. The molecule has 0 aliphatic rings. The van der Waals surface area contributed by atoms with Crippen LogP contribution in [0.2, 0.25) is 0 Å². The van der Waals surface area contributed by atoms with Crippen LogP contribution in [0.25, 0.3) is 10.8 Å².